The Balaban J connectivity index is 2.86. The van der Waals surface area contributed by atoms with Crippen LogP contribution in [0.15, 0.2) is 30.3 Å². The molecule has 0 bridgehead atoms. The van der Waals surface area contributed by atoms with E-state index in [1.54, 1.807) is 0 Å². The van der Waals surface area contributed by atoms with Crippen molar-refractivity contribution in [3.8, 4) is 0 Å². The number of hydrogen-bond acceptors (Lipinski definition) is 1. The Hall–Kier alpha value is -1.08. The molecule has 1 nitrogen and oxygen atoms in total. The van der Waals surface area contributed by atoms with Gasteiger partial charge in [-0.05, 0) is 50.6 Å². The number of allylic oxidation sites excluding steroid dienone is 1. The van der Waals surface area contributed by atoms with Gasteiger partial charge in [0.1, 0.15) is 0 Å². The largest absolute Gasteiger partial charge is 0.309 e. The van der Waals surface area contributed by atoms with Gasteiger partial charge in [0.15, 0.2) is 0 Å². The van der Waals surface area contributed by atoms with Gasteiger partial charge in [-0.15, -0.1) is 0 Å². The van der Waals surface area contributed by atoms with Crippen LogP contribution < -0.4 is 0 Å². The van der Waals surface area contributed by atoms with E-state index in [1.165, 1.54) is 16.7 Å². The summed E-state index contributed by atoms with van der Waals surface area (Å²) in [4.78, 5) is 2.24. The van der Waals surface area contributed by atoms with E-state index in [0.29, 0.717) is 0 Å². The molecule has 0 aliphatic rings. The molecule has 0 amide bonds. The Morgan fingerprint density at radius 1 is 1.25 bits per heavy atom. The van der Waals surface area contributed by atoms with Crippen LogP contribution in [0.3, 0.4) is 0 Å². The molecule has 0 saturated heterocycles. The second-order valence-electron chi connectivity index (χ2n) is 4.51. The van der Waals surface area contributed by atoms with Gasteiger partial charge in [-0.2, -0.15) is 0 Å². The van der Waals surface area contributed by atoms with Crippen LogP contribution in [-0.4, -0.2) is 25.5 Å². The molecule has 1 rings (SSSR count). The first-order valence-electron chi connectivity index (χ1n) is 6.05. The lowest BCUT2D eigenvalue weighted by Gasteiger charge is -2.14. The minimum atomic E-state index is 1.11. The van der Waals surface area contributed by atoms with Crippen LogP contribution in [0.5, 0.6) is 0 Å². The second-order valence-corrected chi connectivity index (χ2v) is 4.51. The first-order valence-corrected chi connectivity index (χ1v) is 6.05. The maximum absolute atomic E-state index is 2.35. The highest BCUT2D eigenvalue weighted by molar-refractivity contribution is 5.68. The zero-order valence-corrected chi connectivity index (χ0v) is 11.0. The minimum absolute atomic E-state index is 1.11. The second kappa shape index (κ2) is 6.49. The van der Waals surface area contributed by atoms with Crippen LogP contribution in [0.4, 0.5) is 0 Å². The van der Waals surface area contributed by atoms with Gasteiger partial charge in [0, 0.05) is 6.54 Å². The van der Waals surface area contributed by atoms with E-state index in [4.69, 9.17) is 0 Å². The summed E-state index contributed by atoms with van der Waals surface area (Å²) in [6.07, 6.45) is 4.59. The lowest BCUT2D eigenvalue weighted by Crippen LogP contribution is -2.13. The predicted octanol–water partition coefficient (Wildman–Crippen LogP) is 3.74. The molecule has 0 aliphatic carbocycles. The van der Waals surface area contributed by atoms with Crippen molar-refractivity contribution in [2.24, 2.45) is 0 Å². The summed E-state index contributed by atoms with van der Waals surface area (Å²) in [6.45, 7) is 5.50. The first kappa shape index (κ1) is 13.0. The number of hydrogen-bond donors (Lipinski definition) is 0. The Labute approximate surface area is 99.8 Å². The SMILES string of the molecule is CC/C=C(/CCN(C)C)c1ccccc1C. The highest BCUT2D eigenvalue weighted by Crippen LogP contribution is 2.22. The van der Waals surface area contributed by atoms with E-state index in [-0.39, 0.29) is 0 Å². The highest BCUT2D eigenvalue weighted by Gasteiger charge is 2.04. The van der Waals surface area contributed by atoms with Gasteiger partial charge in [-0.1, -0.05) is 37.3 Å². The zero-order chi connectivity index (χ0) is 12.0. The summed E-state index contributed by atoms with van der Waals surface area (Å²) in [5, 5.41) is 0. The topological polar surface area (TPSA) is 3.24 Å². The zero-order valence-electron chi connectivity index (χ0n) is 11.0. The minimum Gasteiger partial charge on any atom is -0.309 e. The molecular formula is C15H23N. The van der Waals surface area contributed by atoms with Gasteiger partial charge < -0.3 is 4.90 Å². The van der Waals surface area contributed by atoms with Gasteiger partial charge in [0.25, 0.3) is 0 Å². The molecule has 1 aromatic carbocycles. The van der Waals surface area contributed by atoms with E-state index in [2.05, 4.69) is 63.2 Å². The third-order valence-corrected chi connectivity index (χ3v) is 2.77. The van der Waals surface area contributed by atoms with E-state index >= 15 is 0 Å². The van der Waals surface area contributed by atoms with Crippen molar-refractivity contribution in [1.82, 2.24) is 4.90 Å². The van der Waals surface area contributed by atoms with Crippen LogP contribution in [0.1, 0.15) is 30.9 Å². The molecule has 88 valence electrons. The maximum Gasteiger partial charge on any atom is 0.00158 e. The first-order chi connectivity index (χ1) is 7.65. The molecule has 1 aromatic rings. The fourth-order valence-electron chi connectivity index (χ4n) is 1.87. The number of rotatable bonds is 5. The van der Waals surface area contributed by atoms with Crippen molar-refractivity contribution in [1.29, 1.82) is 0 Å². The molecule has 1 heteroatoms. The van der Waals surface area contributed by atoms with Gasteiger partial charge in [-0.3, -0.25) is 0 Å². The Morgan fingerprint density at radius 3 is 2.50 bits per heavy atom. The summed E-state index contributed by atoms with van der Waals surface area (Å²) in [5.41, 5.74) is 4.27. The fourth-order valence-corrected chi connectivity index (χ4v) is 1.87. The summed E-state index contributed by atoms with van der Waals surface area (Å²) >= 11 is 0. The van der Waals surface area contributed by atoms with E-state index < -0.39 is 0 Å². The standard InChI is InChI=1S/C15H23N/c1-5-8-14(11-12-16(3)4)15-10-7-6-9-13(15)2/h6-10H,5,11-12H2,1-4H3/b14-8-. The molecule has 0 unspecified atom stereocenters. The molecule has 0 N–H and O–H groups in total. The highest BCUT2D eigenvalue weighted by atomic mass is 15.0. The third kappa shape index (κ3) is 3.82. The van der Waals surface area contributed by atoms with Crippen molar-refractivity contribution in [2.45, 2.75) is 26.7 Å². The van der Waals surface area contributed by atoms with Crippen LogP contribution in [0.2, 0.25) is 0 Å². The van der Waals surface area contributed by atoms with E-state index in [0.717, 1.165) is 19.4 Å². The predicted molar refractivity (Wildman–Crippen MR) is 72.6 cm³/mol. The molecule has 0 atom stereocenters. The molecule has 0 aliphatic heterocycles. The third-order valence-electron chi connectivity index (χ3n) is 2.77. The van der Waals surface area contributed by atoms with Crippen molar-refractivity contribution in [3.63, 3.8) is 0 Å². The van der Waals surface area contributed by atoms with Crippen LogP contribution in [0.25, 0.3) is 5.57 Å². The van der Waals surface area contributed by atoms with Gasteiger partial charge >= 0.3 is 0 Å². The molecule has 0 heterocycles. The van der Waals surface area contributed by atoms with Gasteiger partial charge in [-0.25, -0.2) is 0 Å². The van der Waals surface area contributed by atoms with Crippen molar-refractivity contribution >= 4 is 5.57 Å². The lowest BCUT2D eigenvalue weighted by atomic mass is 9.97. The Kier molecular flexibility index (Phi) is 5.27. The maximum atomic E-state index is 2.35. The number of aryl methyl sites for hydroxylation is 1. The molecule has 0 saturated carbocycles. The molecule has 0 spiro atoms. The molecule has 16 heavy (non-hydrogen) atoms. The van der Waals surface area contributed by atoms with E-state index in [1.807, 2.05) is 0 Å². The van der Waals surface area contributed by atoms with E-state index in [9.17, 15) is 0 Å². The Bertz CT molecular complexity index is 350. The number of nitrogens with zero attached hydrogens (tertiary/aromatic N) is 1. The van der Waals surface area contributed by atoms with Crippen molar-refractivity contribution in [2.75, 3.05) is 20.6 Å². The summed E-state index contributed by atoms with van der Waals surface area (Å²) in [5.74, 6) is 0. The normalized spacial score (nSPS) is 12.2. The fraction of sp³-hybridized carbons (Fsp3) is 0.467. The smallest absolute Gasteiger partial charge is 0.00158 e. The molecular weight excluding hydrogens is 194 g/mol. The summed E-state index contributed by atoms with van der Waals surface area (Å²) in [6, 6.07) is 8.65. The molecule has 0 radical (unpaired) electrons. The molecule has 0 aromatic heterocycles. The van der Waals surface area contributed by atoms with Crippen molar-refractivity contribution < 1.29 is 0 Å². The summed E-state index contributed by atoms with van der Waals surface area (Å²) < 4.78 is 0. The van der Waals surface area contributed by atoms with Crippen LogP contribution in [0, 0.1) is 6.92 Å². The lowest BCUT2D eigenvalue weighted by molar-refractivity contribution is 0.419. The number of benzene rings is 1. The summed E-state index contributed by atoms with van der Waals surface area (Å²) in [7, 11) is 4.25. The average Bonchev–Trinajstić information content (AvgIpc) is 2.25. The molecule has 0 fully saturated rings. The van der Waals surface area contributed by atoms with Gasteiger partial charge in [0.2, 0.25) is 0 Å². The van der Waals surface area contributed by atoms with Crippen LogP contribution in [-0.2, 0) is 0 Å². The Morgan fingerprint density at radius 2 is 1.94 bits per heavy atom. The quantitative estimate of drug-likeness (QED) is 0.726. The van der Waals surface area contributed by atoms with Crippen molar-refractivity contribution in [3.05, 3.63) is 41.5 Å². The monoisotopic (exact) mass is 217 g/mol. The average molecular weight is 217 g/mol. The van der Waals surface area contributed by atoms with Crippen LogP contribution >= 0.6 is 0 Å². The van der Waals surface area contributed by atoms with Gasteiger partial charge in [0.05, 0.1) is 0 Å².